The van der Waals surface area contributed by atoms with E-state index in [2.05, 4.69) is 4.72 Å². The number of sulfonamides is 1. The molecule has 0 bridgehead atoms. The summed E-state index contributed by atoms with van der Waals surface area (Å²) in [5.41, 5.74) is 0.945. The standard InChI is InChI=1S/C12H13NO2S2/c1-17(14,15)13-12(11-8-5-9-16-11)10-6-3-2-4-7-10/h2-9,12-13H,1H3. The normalized spacial score (nSPS) is 13.5. The quantitative estimate of drug-likeness (QED) is 0.924. The van der Waals surface area contributed by atoms with Crippen molar-refractivity contribution in [2.45, 2.75) is 6.04 Å². The van der Waals surface area contributed by atoms with E-state index in [0.29, 0.717) is 0 Å². The first-order valence-corrected chi connectivity index (χ1v) is 7.89. The third-order valence-corrected chi connectivity index (χ3v) is 3.89. The van der Waals surface area contributed by atoms with E-state index >= 15 is 0 Å². The van der Waals surface area contributed by atoms with E-state index in [1.54, 1.807) is 0 Å². The molecule has 0 aliphatic rings. The van der Waals surface area contributed by atoms with Gasteiger partial charge in [-0.05, 0) is 17.0 Å². The maximum absolute atomic E-state index is 11.4. The maximum Gasteiger partial charge on any atom is 0.209 e. The molecule has 90 valence electrons. The molecule has 1 aromatic heterocycles. The summed E-state index contributed by atoms with van der Waals surface area (Å²) < 4.78 is 25.5. The van der Waals surface area contributed by atoms with Gasteiger partial charge in [-0.2, -0.15) is 0 Å². The minimum Gasteiger partial charge on any atom is -0.213 e. The number of hydrogen-bond donors (Lipinski definition) is 1. The predicted molar refractivity (Wildman–Crippen MR) is 70.6 cm³/mol. The fraction of sp³-hybridized carbons (Fsp3) is 0.167. The van der Waals surface area contributed by atoms with Crippen LogP contribution in [0.2, 0.25) is 0 Å². The first-order valence-electron chi connectivity index (χ1n) is 5.12. The molecule has 0 saturated carbocycles. The van der Waals surface area contributed by atoms with Gasteiger partial charge >= 0.3 is 0 Å². The van der Waals surface area contributed by atoms with Crippen LogP contribution in [0.4, 0.5) is 0 Å². The molecule has 2 rings (SSSR count). The molecular formula is C12H13NO2S2. The Bertz CT molecular complexity index is 562. The highest BCUT2D eigenvalue weighted by molar-refractivity contribution is 7.88. The van der Waals surface area contributed by atoms with Gasteiger partial charge in [0.1, 0.15) is 0 Å². The number of thiophene rings is 1. The van der Waals surface area contributed by atoms with E-state index in [4.69, 9.17) is 0 Å². The molecule has 0 fully saturated rings. The Morgan fingerprint density at radius 3 is 2.35 bits per heavy atom. The maximum atomic E-state index is 11.4. The van der Waals surface area contributed by atoms with E-state index in [9.17, 15) is 8.42 Å². The van der Waals surface area contributed by atoms with Gasteiger partial charge in [0.15, 0.2) is 0 Å². The lowest BCUT2D eigenvalue weighted by Gasteiger charge is -2.16. The molecule has 1 N–H and O–H groups in total. The zero-order valence-corrected chi connectivity index (χ0v) is 11.0. The lowest BCUT2D eigenvalue weighted by molar-refractivity contribution is 0.579. The summed E-state index contributed by atoms with van der Waals surface area (Å²) >= 11 is 1.54. The van der Waals surface area contributed by atoms with Crippen molar-refractivity contribution in [1.29, 1.82) is 0 Å². The molecule has 17 heavy (non-hydrogen) atoms. The van der Waals surface area contributed by atoms with Crippen molar-refractivity contribution in [2.24, 2.45) is 0 Å². The molecule has 0 spiro atoms. The van der Waals surface area contributed by atoms with E-state index < -0.39 is 10.0 Å². The second kappa shape index (κ2) is 5.00. The number of hydrogen-bond acceptors (Lipinski definition) is 3. The van der Waals surface area contributed by atoms with Crippen LogP contribution in [0.15, 0.2) is 47.8 Å². The Balaban J connectivity index is 2.38. The van der Waals surface area contributed by atoms with Gasteiger partial charge in [0.05, 0.1) is 12.3 Å². The molecular weight excluding hydrogens is 254 g/mol. The first-order chi connectivity index (χ1) is 8.06. The van der Waals surface area contributed by atoms with Gasteiger partial charge in [0.25, 0.3) is 0 Å². The molecule has 0 aliphatic carbocycles. The van der Waals surface area contributed by atoms with Crippen LogP contribution in [0, 0.1) is 0 Å². The van der Waals surface area contributed by atoms with Crippen LogP contribution in [0.1, 0.15) is 16.5 Å². The summed E-state index contributed by atoms with van der Waals surface area (Å²) in [5, 5.41) is 1.94. The Hall–Kier alpha value is -1.17. The fourth-order valence-electron chi connectivity index (χ4n) is 1.61. The molecule has 2 aromatic rings. The molecule has 3 nitrogen and oxygen atoms in total. The van der Waals surface area contributed by atoms with Crippen LogP contribution >= 0.6 is 11.3 Å². The van der Waals surface area contributed by atoms with Gasteiger partial charge in [-0.1, -0.05) is 36.4 Å². The van der Waals surface area contributed by atoms with Crippen LogP contribution in [0.3, 0.4) is 0 Å². The lowest BCUT2D eigenvalue weighted by atomic mass is 10.1. The van der Waals surface area contributed by atoms with Crippen molar-refractivity contribution in [2.75, 3.05) is 6.26 Å². The number of nitrogens with one attached hydrogen (secondary N) is 1. The van der Waals surface area contributed by atoms with E-state index in [1.807, 2.05) is 47.8 Å². The fourth-order valence-corrected chi connectivity index (χ4v) is 3.17. The molecule has 1 atom stereocenters. The smallest absolute Gasteiger partial charge is 0.209 e. The SMILES string of the molecule is CS(=O)(=O)NC(c1ccccc1)c1cccs1. The summed E-state index contributed by atoms with van der Waals surface area (Å²) in [5.74, 6) is 0. The highest BCUT2D eigenvalue weighted by Gasteiger charge is 2.18. The Labute approximate surface area is 105 Å². The summed E-state index contributed by atoms with van der Waals surface area (Å²) in [6.45, 7) is 0. The van der Waals surface area contributed by atoms with Gasteiger partial charge in [-0.15, -0.1) is 11.3 Å². The summed E-state index contributed by atoms with van der Waals surface area (Å²) in [6, 6.07) is 13.1. The molecule has 5 heteroatoms. The zero-order valence-electron chi connectivity index (χ0n) is 9.33. The van der Waals surface area contributed by atoms with Gasteiger partial charge in [-0.3, -0.25) is 0 Å². The van der Waals surface area contributed by atoms with Crippen LogP contribution in [-0.2, 0) is 10.0 Å². The molecule has 0 aliphatic heterocycles. The molecule has 0 amide bonds. The highest BCUT2D eigenvalue weighted by atomic mass is 32.2. The molecule has 0 radical (unpaired) electrons. The first kappa shape index (κ1) is 12.3. The lowest BCUT2D eigenvalue weighted by Crippen LogP contribution is -2.27. The second-order valence-electron chi connectivity index (χ2n) is 3.75. The van der Waals surface area contributed by atoms with Crippen LogP contribution in [0.5, 0.6) is 0 Å². The molecule has 1 unspecified atom stereocenters. The third kappa shape index (κ3) is 3.39. The van der Waals surface area contributed by atoms with Crippen molar-refractivity contribution in [3.63, 3.8) is 0 Å². The minimum absolute atomic E-state index is 0.300. The number of benzene rings is 1. The number of rotatable bonds is 4. The van der Waals surface area contributed by atoms with Crippen LogP contribution < -0.4 is 4.72 Å². The molecule has 1 aromatic carbocycles. The van der Waals surface area contributed by atoms with E-state index in [1.165, 1.54) is 17.6 Å². The van der Waals surface area contributed by atoms with Gasteiger partial charge in [0, 0.05) is 4.88 Å². The Morgan fingerprint density at radius 2 is 1.82 bits per heavy atom. The molecule has 0 saturated heterocycles. The van der Waals surface area contributed by atoms with Crippen molar-refractivity contribution in [1.82, 2.24) is 4.72 Å². The van der Waals surface area contributed by atoms with E-state index in [0.717, 1.165) is 10.4 Å². The largest absolute Gasteiger partial charge is 0.213 e. The topological polar surface area (TPSA) is 46.2 Å². The summed E-state index contributed by atoms with van der Waals surface area (Å²) in [6.07, 6.45) is 1.18. The van der Waals surface area contributed by atoms with Crippen molar-refractivity contribution in [3.8, 4) is 0 Å². The predicted octanol–water partition coefficient (Wildman–Crippen LogP) is 2.39. The monoisotopic (exact) mass is 267 g/mol. The van der Waals surface area contributed by atoms with Crippen molar-refractivity contribution < 1.29 is 8.42 Å². The van der Waals surface area contributed by atoms with Crippen LogP contribution in [0.25, 0.3) is 0 Å². The van der Waals surface area contributed by atoms with Crippen molar-refractivity contribution in [3.05, 3.63) is 58.3 Å². The summed E-state index contributed by atoms with van der Waals surface area (Å²) in [4.78, 5) is 0.988. The van der Waals surface area contributed by atoms with Gasteiger partial charge in [-0.25, -0.2) is 13.1 Å². The summed E-state index contributed by atoms with van der Waals surface area (Å²) in [7, 11) is -3.24. The molecule has 1 heterocycles. The van der Waals surface area contributed by atoms with Crippen molar-refractivity contribution >= 4 is 21.4 Å². The minimum atomic E-state index is -3.24. The zero-order chi connectivity index (χ0) is 12.3. The average Bonchev–Trinajstić information content (AvgIpc) is 2.79. The Morgan fingerprint density at radius 1 is 1.12 bits per heavy atom. The average molecular weight is 267 g/mol. The second-order valence-corrected chi connectivity index (χ2v) is 6.51. The van der Waals surface area contributed by atoms with Gasteiger partial charge < -0.3 is 0 Å². The third-order valence-electron chi connectivity index (χ3n) is 2.29. The highest BCUT2D eigenvalue weighted by Crippen LogP contribution is 2.26. The van der Waals surface area contributed by atoms with E-state index in [-0.39, 0.29) is 6.04 Å². The van der Waals surface area contributed by atoms with Gasteiger partial charge in [0.2, 0.25) is 10.0 Å². The van der Waals surface area contributed by atoms with Crippen LogP contribution in [-0.4, -0.2) is 14.7 Å². The Kier molecular flexibility index (Phi) is 3.61.